The molecule has 2 aromatic carbocycles. The molecule has 0 radical (unpaired) electrons. The number of carbonyl (C=O) groups is 1. The van der Waals surface area contributed by atoms with Gasteiger partial charge in [-0.15, -0.1) is 0 Å². The van der Waals surface area contributed by atoms with E-state index in [4.69, 9.17) is 4.74 Å². The highest BCUT2D eigenvalue weighted by Crippen LogP contribution is 2.26. The number of ether oxygens (including phenoxy) is 1. The Bertz CT molecular complexity index is 650. The lowest BCUT2D eigenvalue weighted by Crippen LogP contribution is -2.08. The Morgan fingerprint density at radius 2 is 1.29 bits per heavy atom. The van der Waals surface area contributed by atoms with Crippen LogP contribution in [0.15, 0.2) is 30.3 Å². The van der Waals surface area contributed by atoms with E-state index in [2.05, 4.69) is 0 Å². The fourth-order valence-corrected chi connectivity index (χ4v) is 2.56. The lowest BCUT2D eigenvalue weighted by atomic mass is 9.91. The van der Waals surface area contributed by atoms with Crippen molar-refractivity contribution >= 4 is 5.78 Å². The van der Waals surface area contributed by atoms with E-state index in [1.165, 1.54) is 0 Å². The van der Waals surface area contributed by atoms with Crippen LogP contribution in [0.3, 0.4) is 0 Å². The molecule has 0 atom stereocenters. The van der Waals surface area contributed by atoms with Crippen LogP contribution in [0.2, 0.25) is 0 Å². The zero-order chi connectivity index (χ0) is 18.9. The third-order valence-electron chi connectivity index (χ3n) is 3.69. The van der Waals surface area contributed by atoms with Gasteiger partial charge in [0.1, 0.15) is 5.75 Å². The van der Waals surface area contributed by atoms with Gasteiger partial charge in [0.2, 0.25) is 0 Å². The number of rotatable bonds is 3. The molecule has 0 aliphatic heterocycles. The van der Waals surface area contributed by atoms with Crippen LogP contribution in [0.5, 0.6) is 5.75 Å². The van der Waals surface area contributed by atoms with Crippen LogP contribution in [0, 0.1) is 27.7 Å². The fourth-order valence-electron chi connectivity index (χ4n) is 2.56. The summed E-state index contributed by atoms with van der Waals surface area (Å²) in [7, 11) is 1.65. The minimum atomic E-state index is 0.0869. The highest BCUT2D eigenvalue weighted by Gasteiger charge is 2.17. The first-order valence-corrected chi connectivity index (χ1v) is 8.72. The Kier molecular flexibility index (Phi) is 9.71. The summed E-state index contributed by atoms with van der Waals surface area (Å²) in [6.07, 6.45) is 0. The van der Waals surface area contributed by atoms with E-state index in [1.54, 1.807) is 7.11 Å². The van der Waals surface area contributed by atoms with Crippen LogP contribution in [0.25, 0.3) is 0 Å². The molecule has 0 saturated carbocycles. The Balaban J connectivity index is 0.00000123. The topological polar surface area (TPSA) is 26.3 Å². The van der Waals surface area contributed by atoms with E-state index < -0.39 is 0 Å². The maximum atomic E-state index is 12.8. The molecule has 2 heteroatoms. The number of carbonyl (C=O) groups excluding carboxylic acids is 1. The van der Waals surface area contributed by atoms with Gasteiger partial charge in [-0.3, -0.25) is 4.79 Å². The summed E-state index contributed by atoms with van der Waals surface area (Å²) in [6, 6.07) is 9.78. The molecule has 0 heterocycles. The molecule has 0 aromatic heterocycles. The molecule has 0 aliphatic carbocycles. The number of ketones is 1. The van der Waals surface area contributed by atoms with Crippen molar-refractivity contribution in [3.63, 3.8) is 0 Å². The second kappa shape index (κ2) is 10.6. The molecular weight excluding hydrogens is 296 g/mol. The number of hydrogen-bond acceptors (Lipinski definition) is 2. The molecule has 2 nitrogen and oxygen atoms in total. The Hall–Kier alpha value is -2.09. The van der Waals surface area contributed by atoms with E-state index in [0.29, 0.717) is 0 Å². The molecule has 0 unspecified atom stereocenters. The Morgan fingerprint density at radius 3 is 1.75 bits per heavy atom. The average Bonchev–Trinajstić information content (AvgIpc) is 2.59. The van der Waals surface area contributed by atoms with Crippen LogP contribution in [0.4, 0.5) is 0 Å². The first kappa shape index (κ1) is 21.9. The second-order valence-electron chi connectivity index (χ2n) is 5.23. The standard InChI is InChI=1S/C18H20O2.2C2H6/c1-11-7-6-8-12(2)17(11)18(19)15-9-14(4)16(20-5)10-13(15)3;2*1-2/h6-10H,1-5H3;2*1-2H3. The minimum Gasteiger partial charge on any atom is -0.496 e. The Labute approximate surface area is 147 Å². The summed E-state index contributed by atoms with van der Waals surface area (Å²) >= 11 is 0. The van der Waals surface area contributed by atoms with Crippen LogP contribution in [0.1, 0.15) is 65.9 Å². The molecule has 0 saturated heterocycles. The maximum absolute atomic E-state index is 12.8. The van der Waals surface area contributed by atoms with Crippen LogP contribution >= 0.6 is 0 Å². The van der Waals surface area contributed by atoms with Gasteiger partial charge in [-0.25, -0.2) is 0 Å². The number of benzene rings is 2. The summed E-state index contributed by atoms with van der Waals surface area (Å²) in [4.78, 5) is 12.8. The lowest BCUT2D eigenvalue weighted by molar-refractivity contribution is 0.103. The van der Waals surface area contributed by atoms with Gasteiger partial charge in [0, 0.05) is 11.1 Å². The highest BCUT2D eigenvalue weighted by atomic mass is 16.5. The molecule has 0 bridgehead atoms. The zero-order valence-electron chi connectivity index (χ0n) is 16.7. The fraction of sp³-hybridized carbons (Fsp3) is 0.409. The molecule has 0 aliphatic rings. The molecule has 0 fully saturated rings. The van der Waals surface area contributed by atoms with Crippen molar-refractivity contribution in [2.45, 2.75) is 55.4 Å². The molecular formula is C22H32O2. The summed E-state index contributed by atoms with van der Waals surface area (Å²) in [5, 5.41) is 0. The van der Waals surface area contributed by atoms with E-state index in [-0.39, 0.29) is 5.78 Å². The number of hydrogen-bond donors (Lipinski definition) is 0. The van der Waals surface area contributed by atoms with Gasteiger partial charge in [-0.2, -0.15) is 0 Å². The largest absolute Gasteiger partial charge is 0.496 e. The molecule has 2 rings (SSSR count). The smallest absolute Gasteiger partial charge is 0.193 e. The van der Waals surface area contributed by atoms with Crippen molar-refractivity contribution in [1.82, 2.24) is 0 Å². The van der Waals surface area contributed by atoms with Gasteiger partial charge < -0.3 is 4.74 Å². The van der Waals surface area contributed by atoms with E-state index >= 15 is 0 Å². The van der Waals surface area contributed by atoms with Gasteiger partial charge in [0.15, 0.2) is 5.78 Å². The van der Waals surface area contributed by atoms with Gasteiger partial charge in [-0.05, 0) is 62.1 Å². The molecule has 132 valence electrons. The Morgan fingerprint density at radius 1 is 0.792 bits per heavy atom. The van der Waals surface area contributed by atoms with Crippen molar-refractivity contribution in [3.8, 4) is 5.75 Å². The molecule has 0 spiro atoms. The first-order valence-electron chi connectivity index (χ1n) is 8.72. The van der Waals surface area contributed by atoms with Crippen molar-refractivity contribution in [2.24, 2.45) is 0 Å². The minimum absolute atomic E-state index is 0.0869. The SMILES string of the molecule is CC.CC.COc1cc(C)c(C(=O)c2c(C)cccc2C)cc1C. The normalized spacial score (nSPS) is 9.21. The zero-order valence-corrected chi connectivity index (χ0v) is 16.7. The van der Waals surface area contributed by atoms with E-state index in [1.807, 2.05) is 85.7 Å². The van der Waals surface area contributed by atoms with Crippen molar-refractivity contribution in [3.05, 3.63) is 63.7 Å². The third-order valence-corrected chi connectivity index (χ3v) is 3.69. The lowest BCUT2D eigenvalue weighted by Gasteiger charge is -2.13. The van der Waals surface area contributed by atoms with Gasteiger partial charge in [0.05, 0.1) is 7.11 Å². The maximum Gasteiger partial charge on any atom is 0.193 e. The molecule has 0 amide bonds. The molecule has 24 heavy (non-hydrogen) atoms. The molecule has 0 N–H and O–H groups in total. The van der Waals surface area contributed by atoms with Crippen LogP contribution < -0.4 is 4.74 Å². The van der Waals surface area contributed by atoms with Crippen LogP contribution in [-0.2, 0) is 0 Å². The van der Waals surface area contributed by atoms with E-state index in [0.717, 1.165) is 39.1 Å². The van der Waals surface area contributed by atoms with Gasteiger partial charge in [-0.1, -0.05) is 45.9 Å². The van der Waals surface area contributed by atoms with Crippen molar-refractivity contribution in [1.29, 1.82) is 0 Å². The summed E-state index contributed by atoms with van der Waals surface area (Å²) in [6.45, 7) is 15.9. The average molecular weight is 328 g/mol. The predicted molar refractivity (Wildman–Crippen MR) is 105 cm³/mol. The van der Waals surface area contributed by atoms with Gasteiger partial charge >= 0.3 is 0 Å². The second-order valence-corrected chi connectivity index (χ2v) is 5.23. The monoisotopic (exact) mass is 328 g/mol. The van der Waals surface area contributed by atoms with Gasteiger partial charge in [0.25, 0.3) is 0 Å². The summed E-state index contributed by atoms with van der Waals surface area (Å²) < 4.78 is 5.30. The number of aryl methyl sites for hydroxylation is 4. The quantitative estimate of drug-likeness (QED) is 0.626. The van der Waals surface area contributed by atoms with Crippen molar-refractivity contribution < 1.29 is 9.53 Å². The van der Waals surface area contributed by atoms with Crippen LogP contribution in [-0.4, -0.2) is 12.9 Å². The first-order chi connectivity index (χ1) is 11.5. The summed E-state index contributed by atoms with van der Waals surface area (Å²) in [5.74, 6) is 0.907. The predicted octanol–water partition coefficient (Wildman–Crippen LogP) is 6.21. The third kappa shape index (κ3) is 4.95. The molecule has 2 aromatic rings. The highest BCUT2D eigenvalue weighted by molar-refractivity contribution is 6.11. The van der Waals surface area contributed by atoms with E-state index in [9.17, 15) is 4.79 Å². The summed E-state index contributed by atoms with van der Waals surface area (Å²) in [5.41, 5.74) is 5.51. The number of methoxy groups -OCH3 is 1. The van der Waals surface area contributed by atoms with Crippen molar-refractivity contribution in [2.75, 3.05) is 7.11 Å².